The molecule has 22 atom stereocenters. The van der Waals surface area contributed by atoms with Crippen LogP contribution in [0.1, 0.15) is 85.5 Å². The molecule has 3 aliphatic heterocycles. The summed E-state index contributed by atoms with van der Waals surface area (Å²) in [5, 5.41) is 109. The summed E-state index contributed by atoms with van der Waals surface area (Å²) in [6.45, 7) is 9.73. The molecule has 3 saturated heterocycles. The van der Waals surface area contributed by atoms with Crippen molar-refractivity contribution in [1.29, 1.82) is 0 Å². The standard InChI is InChI=1S/C42H67NO18/c1-18-13-41-11-7-24-39(4,9-6-10-40(24,5)38(55)43-20(3)34(53)54)25(41)8-12-42(18,17-41)61-37-33(60-36-31(52)29(50)27(48)22(15-45)57-36)32(28(49)23(16-46)58-37)59-35-30(51)26(47)19(2)21(14-44)56-35/h19-33,35-37,44-52H,1,6-17H2,2-5H3,(H,43,55)(H,53,54)/t19-,20+,21-,22-,23-,24+,25+,26+,27-,28-,29+,30-,31-,32+,33-,35+,36+,37+,39-,40-,41-,42+/m1/s1. The molecule has 7 fully saturated rings. The first-order chi connectivity index (χ1) is 28.7. The molecule has 7 rings (SSSR count). The van der Waals surface area contributed by atoms with E-state index in [1.165, 1.54) is 6.92 Å². The Morgan fingerprint density at radius 2 is 1.33 bits per heavy atom. The third-order valence-corrected chi connectivity index (χ3v) is 16.2. The normalized spacial score (nSPS) is 51.6. The van der Waals surface area contributed by atoms with Gasteiger partial charge < -0.3 is 84.8 Å². The van der Waals surface area contributed by atoms with Crippen LogP contribution < -0.4 is 5.32 Å². The molecule has 19 nitrogen and oxygen atoms in total. The van der Waals surface area contributed by atoms with Crippen LogP contribution in [0.2, 0.25) is 0 Å². The number of nitrogens with one attached hydrogen (secondary N) is 1. The Hall–Kier alpha value is -1.92. The van der Waals surface area contributed by atoms with Gasteiger partial charge >= 0.3 is 5.97 Å². The van der Waals surface area contributed by atoms with Gasteiger partial charge in [-0.1, -0.05) is 33.8 Å². The predicted octanol–water partition coefficient (Wildman–Crippen LogP) is -1.59. The van der Waals surface area contributed by atoms with E-state index in [1.54, 1.807) is 6.92 Å². The number of aliphatic hydroxyl groups excluding tert-OH is 9. The average Bonchev–Trinajstić information content (AvgIpc) is 3.42. The van der Waals surface area contributed by atoms with E-state index >= 15 is 0 Å². The highest BCUT2D eigenvalue weighted by molar-refractivity contribution is 5.87. The lowest BCUT2D eigenvalue weighted by Gasteiger charge is -2.64. The van der Waals surface area contributed by atoms with E-state index in [1.807, 2.05) is 6.92 Å². The van der Waals surface area contributed by atoms with Crippen LogP contribution >= 0.6 is 0 Å². The highest BCUT2D eigenvalue weighted by Crippen LogP contribution is 2.73. The minimum Gasteiger partial charge on any atom is -0.480 e. The summed E-state index contributed by atoms with van der Waals surface area (Å²) < 4.78 is 37.3. The maximum absolute atomic E-state index is 13.9. The molecule has 2 bridgehead atoms. The molecular weight excluding hydrogens is 806 g/mol. The maximum Gasteiger partial charge on any atom is 0.325 e. The summed E-state index contributed by atoms with van der Waals surface area (Å²) in [6.07, 6.45) is -16.2. The number of carbonyl (C=O) groups is 2. The van der Waals surface area contributed by atoms with E-state index < -0.39 is 135 Å². The Balaban J connectivity index is 1.19. The first kappa shape index (κ1) is 47.1. The van der Waals surface area contributed by atoms with Crippen molar-refractivity contribution in [1.82, 2.24) is 5.32 Å². The molecule has 348 valence electrons. The van der Waals surface area contributed by atoms with Gasteiger partial charge in [0.25, 0.3) is 0 Å². The molecule has 0 radical (unpaired) electrons. The number of carboxylic acids is 1. The van der Waals surface area contributed by atoms with Crippen LogP contribution in [0.3, 0.4) is 0 Å². The van der Waals surface area contributed by atoms with Crippen molar-refractivity contribution < 1.29 is 89.1 Å². The van der Waals surface area contributed by atoms with E-state index in [4.69, 9.17) is 28.4 Å². The zero-order valence-electron chi connectivity index (χ0n) is 35.3. The predicted molar refractivity (Wildman–Crippen MR) is 208 cm³/mol. The number of fused-ring (bicyclic) bond motifs is 3. The molecule has 0 aromatic rings. The number of amides is 1. The molecule has 3 heterocycles. The van der Waals surface area contributed by atoms with E-state index in [0.717, 1.165) is 24.8 Å². The van der Waals surface area contributed by atoms with E-state index in [2.05, 4.69) is 18.8 Å². The number of ether oxygens (including phenoxy) is 6. The van der Waals surface area contributed by atoms with E-state index in [9.17, 15) is 60.7 Å². The summed E-state index contributed by atoms with van der Waals surface area (Å²) in [6, 6.07) is -1.03. The van der Waals surface area contributed by atoms with Crippen molar-refractivity contribution in [3.05, 3.63) is 12.2 Å². The molecule has 61 heavy (non-hydrogen) atoms. The number of hydrogen-bond acceptors (Lipinski definition) is 17. The van der Waals surface area contributed by atoms with Gasteiger partial charge in [-0.2, -0.15) is 0 Å². The van der Waals surface area contributed by atoms with Crippen molar-refractivity contribution in [2.24, 2.45) is 34.0 Å². The SMILES string of the molecule is C=C1C[C@@]23CC[C@H]4[C@@](C)(CCC[C@@]4(C)C(=O)N[C@@H](C)C(=O)O)[C@@H]2CC[C@]1(O[C@@H]1O[C@H](CO)[C@@H](O)[C@H](O[C@@H]2O[C@H](CO)[C@@H](C)[C@H](O)[C@H]2O)[C@H]1O[C@@H]1O[C@H](CO)[C@@H](O)[C@H](O)[C@H]1O)C3. The minimum atomic E-state index is -1.89. The minimum absolute atomic E-state index is 0.0142. The van der Waals surface area contributed by atoms with Gasteiger partial charge in [0.15, 0.2) is 18.9 Å². The molecule has 4 aliphatic carbocycles. The van der Waals surface area contributed by atoms with Crippen molar-refractivity contribution >= 4 is 11.9 Å². The molecule has 1 amide bonds. The smallest absolute Gasteiger partial charge is 0.325 e. The third kappa shape index (κ3) is 7.90. The number of carbonyl (C=O) groups excluding carboxylic acids is 1. The molecular formula is C42H67NO18. The molecule has 1 spiro atoms. The first-order valence-corrected chi connectivity index (χ1v) is 21.8. The lowest BCUT2D eigenvalue weighted by Crippen LogP contribution is -2.67. The maximum atomic E-state index is 13.9. The largest absolute Gasteiger partial charge is 0.480 e. The Morgan fingerprint density at radius 3 is 1.97 bits per heavy atom. The average molecular weight is 874 g/mol. The highest BCUT2D eigenvalue weighted by atomic mass is 16.8. The number of aliphatic hydroxyl groups is 9. The van der Waals surface area contributed by atoms with Crippen LogP contribution in [0, 0.1) is 34.0 Å². The summed E-state index contributed by atoms with van der Waals surface area (Å²) in [5.74, 6) is -1.93. The molecule has 0 aromatic heterocycles. The lowest BCUT2D eigenvalue weighted by atomic mass is 9.40. The van der Waals surface area contributed by atoms with Crippen LogP contribution in [0.15, 0.2) is 12.2 Å². The van der Waals surface area contributed by atoms with Crippen LogP contribution in [-0.4, -0.2) is 180 Å². The van der Waals surface area contributed by atoms with Gasteiger partial charge in [-0.15, -0.1) is 0 Å². The van der Waals surface area contributed by atoms with Crippen LogP contribution in [-0.2, 0) is 38.0 Å². The second kappa shape index (κ2) is 17.5. The number of rotatable bonds is 12. The Bertz CT molecular complexity index is 1620. The lowest BCUT2D eigenvalue weighted by molar-refractivity contribution is -0.398. The Labute approximate surface area is 354 Å². The van der Waals surface area contributed by atoms with Gasteiger partial charge in [-0.25, -0.2) is 0 Å². The van der Waals surface area contributed by atoms with Crippen molar-refractivity contribution in [3.8, 4) is 0 Å². The van der Waals surface area contributed by atoms with Crippen molar-refractivity contribution in [2.45, 2.75) is 183 Å². The molecule has 19 heteroatoms. The highest BCUT2D eigenvalue weighted by Gasteiger charge is 2.69. The summed E-state index contributed by atoms with van der Waals surface area (Å²) in [7, 11) is 0. The summed E-state index contributed by atoms with van der Waals surface area (Å²) in [4.78, 5) is 25.5. The topological polar surface area (TPSA) is 304 Å². The molecule has 11 N–H and O–H groups in total. The van der Waals surface area contributed by atoms with Crippen LogP contribution in [0.25, 0.3) is 0 Å². The fourth-order valence-corrected chi connectivity index (χ4v) is 12.7. The molecule has 0 unspecified atom stereocenters. The number of hydrogen-bond donors (Lipinski definition) is 11. The van der Waals surface area contributed by atoms with Crippen molar-refractivity contribution in [3.63, 3.8) is 0 Å². The van der Waals surface area contributed by atoms with Gasteiger partial charge in [0.2, 0.25) is 5.91 Å². The molecule has 0 aromatic carbocycles. The first-order valence-electron chi connectivity index (χ1n) is 21.8. The van der Waals surface area contributed by atoms with Crippen LogP contribution in [0.4, 0.5) is 0 Å². The Morgan fingerprint density at radius 1 is 0.754 bits per heavy atom. The fraction of sp³-hybridized carbons (Fsp3) is 0.905. The van der Waals surface area contributed by atoms with Crippen LogP contribution in [0.5, 0.6) is 0 Å². The van der Waals surface area contributed by atoms with Gasteiger partial charge in [-0.3, -0.25) is 9.59 Å². The second-order valence-corrected chi connectivity index (χ2v) is 19.6. The monoisotopic (exact) mass is 873 g/mol. The quantitative estimate of drug-likeness (QED) is 0.0778. The van der Waals surface area contributed by atoms with Crippen molar-refractivity contribution in [2.75, 3.05) is 19.8 Å². The fourth-order valence-electron chi connectivity index (χ4n) is 12.7. The second-order valence-electron chi connectivity index (χ2n) is 19.6. The van der Waals surface area contributed by atoms with E-state index in [-0.39, 0.29) is 28.6 Å². The number of aliphatic carboxylic acids is 1. The van der Waals surface area contributed by atoms with E-state index in [0.29, 0.717) is 38.5 Å². The Kier molecular flexibility index (Phi) is 13.5. The van der Waals surface area contributed by atoms with Gasteiger partial charge in [-0.05, 0) is 86.5 Å². The molecule has 4 saturated carbocycles. The molecule has 7 aliphatic rings. The van der Waals surface area contributed by atoms with Gasteiger partial charge in [0.05, 0.1) is 37.6 Å². The third-order valence-electron chi connectivity index (χ3n) is 16.2. The van der Waals surface area contributed by atoms with Gasteiger partial charge in [0.1, 0.15) is 61.0 Å². The number of carboxylic acid groups (broad SMARTS) is 1. The zero-order valence-corrected chi connectivity index (χ0v) is 35.3. The van der Waals surface area contributed by atoms with Gasteiger partial charge in [0, 0.05) is 11.3 Å². The zero-order chi connectivity index (χ0) is 44.6. The summed E-state index contributed by atoms with van der Waals surface area (Å²) >= 11 is 0. The summed E-state index contributed by atoms with van der Waals surface area (Å²) in [5.41, 5.74) is -1.63.